The third kappa shape index (κ3) is 2.36. The maximum atomic E-state index is 13.5. The van der Waals surface area contributed by atoms with Gasteiger partial charge in [0.15, 0.2) is 5.82 Å². The number of nitrogens with zero attached hydrogens (tertiary/aromatic N) is 1. The lowest BCUT2D eigenvalue weighted by Gasteiger charge is -2.10. The number of hydrogen-bond donors (Lipinski definition) is 1. The van der Waals surface area contributed by atoms with E-state index < -0.39 is 5.82 Å². The smallest absolute Gasteiger partial charge is 0.152 e. The average Bonchev–Trinajstić information content (AvgIpc) is 2.33. The molecule has 3 nitrogen and oxygen atoms in total. The van der Waals surface area contributed by atoms with Gasteiger partial charge >= 0.3 is 0 Å². The van der Waals surface area contributed by atoms with Crippen LogP contribution in [-0.2, 0) is 0 Å². The van der Waals surface area contributed by atoms with Gasteiger partial charge < -0.3 is 10.5 Å². The van der Waals surface area contributed by atoms with Crippen molar-refractivity contribution in [2.75, 3.05) is 5.73 Å². The van der Waals surface area contributed by atoms with E-state index in [0.29, 0.717) is 17.1 Å². The van der Waals surface area contributed by atoms with E-state index in [2.05, 4.69) is 4.98 Å². The molecule has 0 atom stereocenters. The summed E-state index contributed by atoms with van der Waals surface area (Å²) in [6, 6.07) is 6.75. The Hall–Kier alpha value is -2.10. The summed E-state index contributed by atoms with van der Waals surface area (Å²) in [5.41, 5.74) is 6.88. The Morgan fingerprint density at radius 2 is 1.94 bits per heavy atom. The number of ether oxygens (including phenoxy) is 1. The third-order valence-electron chi connectivity index (χ3n) is 2.48. The summed E-state index contributed by atoms with van der Waals surface area (Å²) in [5, 5.41) is 0. The van der Waals surface area contributed by atoms with E-state index in [4.69, 9.17) is 10.5 Å². The molecule has 4 heteroatoms. The minimum Gasteiger partial charge on any atom is -0.455 e. The predicted molar refractivity (Wildman–Crippen MR) is 64.6 cm³/mol. The molecule has 0 bridgehead atoms. The van der Waals surface area contributed by atoms with Crippen LogP contribution in [0.5, 0.6) is 11.5 Å². The fourth-order valence-corrected chi connectivity index (χ4v) is 1.44. The van der Waals surface area contributed by atoms with Gasteiger partial charge in [-0.15, -0.1) is 0 Å². The molecule has 0 radical (unpaired) electrons. The summed E-state index contributed by atoms with van der Waals surface area (Å²) < 4.78 is 19.1. The Balaban J connectivity index is 2.30. The second-order valence-corrected chi connectivity index (χ2v) is 3.83. The van der Waals surface area contributed by atoms with Gasteiger partial charge in [-0.2, -0.15) is 0 Å². The minimum absolute atomic E-state index is 0.122. The first kappa shape index (κ1) is 11.4. The molecule has 2 N–H and O–H groups in total. The number of benzene rings is 1. The number of nitrogen functional groups attached to an aromatic ring is 1. The predicted octanol–water partition coefficient (Wildman–Crippen LogP) is 3.21. The largest absolute Gasteiger partial charge is 0.455 e. The van der Waals surface area contributed by atoms with Crippen LogP contribution in [-0.4, -0.2) is 4.98 Å². The summed E-state index contributed by atoms with van der Waals surface area (Å²) in [4.78, 5) is 4.10. The number of aryl methyl sites for hydroxylation is 1. The molecular weight excluding hydrogens is 219 g/mol. The quantitative estimate of drug-likeness (QED) is 0.809. The maximum absolute atomic E-state index is 13.5. The highest BCUT2D eigenvalue weighted by Gasteiger charge is 2.09. The van der Waals surface area contributed by atoms with Gasteiger partial charge in [0, 0.05) is 11.3 Å². The highest BCUT2D eigenvalue weighted by atomic mass is 19.1. The first-order valence-corrected chi connectivity index (χ1v) is 5.23. The van der Waals surface area contributed by atoms with Gasteiger partial charge in [0.25, 0.3) is 0 Å². The highest BCUT2D eigenvalue weighted by Crippen LogP contribution is 2.28. The molecular formula is C13H13FN2O. The molecule has 17 heavy (non-hydrogen) atoms. The van der Waals surface area contributed by atoms with Crippen molar-refractivity contribution < 1.29 is 9.13 Å². The number of aromatic nitrogens is 1. The van der Waals surface area contributed by atoms with Crippen LogP contribution in [0, 0.1) is 19.7 Å². The van der Waals surface area contributed by atoms with Crippen molar-refractivity contribution in [2.45, 2.75) is 13.8 Å². The Bertz CT molecular complexity index is 538. The number of pyridine rings is 1. The van der Waals surface area contributed by atoms with Crippen LogP contribution in [0.1, 0.15) is 11.3 Å². The summed E-state index contributed by atoms with van der Waals surface area (Å²) in [6.07, 6.45) is 1.60. The van der Waals surface area contributed by atoms with Gasteiger partial charge in [-0.3, -0.25) is 4.98 Å². The molecule has 0 saturated carbocycles. The molecule has 1 aromatic heterocycles. The van der Waals surface area contributed by atoms with Crippen LogP contribution in [0.15, 0.2) is 30.5 Å². The fraction of sp³-hybridized carbons (Fsp3) is 0.154. The van der Waals surface area contributed by atoms with Crippen molar-refractivity contribution in [1.29, 1.82) is 0 Å². The van der Waals surface area contributed by atoms with Gasteiger partial charge in [0.05, 0.1) is 11.9 Å². The van der Waals surface area contributed by atoms with Gasteiger partial charge in [-0.1, -0.05) is 0 Å². The third-order valence-corrected chi connectivity index (χ3v) is 2.48. The van der Waals surface area contributed by atoms with Gasteiger partial charge in [-0.05, 0) is 38.1 Å². The summed E-state index contributed by atoms with van der Waals surface area (Å²) in [6.45, 7) is 3.51. The van der Waals surface area contributed by atoms with E-state index in [1.807, 2.05) is 13.0 Å². The summed E-state index contributed by atoms with van der Waals surface area (Å²) in [5.74, 6) is 0.577. The second-order valence-electron chi connectivity index (χ2n) is 3.83. The van der Waals surface area contributed by atoms with Gasteiger partial charge in [0.2, 0.25) is 0 Å². The van der Waals surface area contributed by atoms with Crippen LogP contribution in [0.25, 0.3) is 0 Å². The molecule has 1 aromatic carbocycles. The molecule has 1 heterocycles. The van der Waals surface area contributed by atoms with Crippen LogP contribution in [0.2, 0.25) is 0 Å². The zero-order valence-electron chi connectivity index (χ0n) is 9.70. The molecule has 0 saturated heterocycles. The number of rotatable bonds is 2. The van der Waals surface area contributed by atoms with Crippen LogP contribution in [0.4, 0.5) is 10.1 Å². The topological polar surface area (TPSA) is 48.1 Å². The lowest BCUT2D eigenvalue weighted by atomic mass is 10.2. The average molecular weight is 232 g/mol. The van der Waals surface area contributed by atoms with Crippen LogP contribution >= 0.6 is 0 Å². The SMILES string of the molecule is Cc1ccc(Oc2ccc(N)c(F)c2C)cn1. The van der Waals surface area contributed by atoms with Crippen LogP contribution < -0.4 is 10.5 Å². The van der Waals surface area contributed by atoms with Crippen molar-refractivity contribution in [3.8, 4) is 11.5 Å². The summed E-state index contributed by atoms with van der Waals surface area (Å²) in [7, 11) is 0. The Labute approximate surface area is 99.1 Å². The highest BCUT2D eigenvalue weighted by molar-refractivity contribution is 5.50. The molecule has 2 rings (SSSR count). The minimum atomic E-state index is -0.442. The van der Waals surface area contributed by atoms with E-state index in [1.54, 1.807) is 25.3 Å². The zero-order valence-corrected chi connectivity index (χ0v) is 9.70. The zero-order chi connectivity index (χ0) is 12.4. The Morgan fingerprint density at radius 1 is 1.18 bits per heavy atom. The molecule has 0 unspecified atom stereocenters. The molecule has 0 fully saturated rings. The lowest BCUT2D eigenvalue weighted by molar-refractivity contribution is 0.469. The molecule has 0 amide bonds. The fourth-order valence-electron chi connectivity index (χ4n) is 1.44. The van der Waals surface area contributed by atoms with Crippen LogP contribution in [0.3, 0.4) is 0 Å². The standard InChI is InChI=1S/C13H13FN2O/c1-8-3-4-10(7-16-8)17-12-6-5-11(15)13(14)9(12)2/h3-7H,15H2,1-2H3. The molecule has 88 valence electrons. The first-order chi connectivity index (χ1) is 8.08. The van der Waals surface area contributed by atoms with E-state index in [0.717, 1.165) is 5.69 Å². The number of anilines is 1. The normalized spacial score (nSPS) is 10.3. The summed E-state index contributed by atoms with van der Waals surface area (Å²) >= 11 is 0. The van der Waals surface area contributed by atoms with Crippen molar-refractivity contribution in [2.24, 2.45) is 0 Å². The molecule has 0 aliphatic carbocycles. The van der Waals surface area contributed by atoms with E-state index in [1.165, 1.54) is 6.07 Å². The van der Waals surface area contributed by atoms with E-state index in [-0.39, 0.29) is 5.69 Å². The Kier molecular flexibility index (Phi) is 2.95. The monoisotopic (exact) mass is 232 g/mol. The van der Waals surface area contributed by atoms with Crippen molar-refractivity contribution in [1.82, 2.24) is 4.98 Å². The number of nitrogens with two attached hydrogens (primary N) is 1. The lowest BCUT2D eigenvalue weighted by Crippen LogP contribution is -1.96. The van der Waals surface area contributed by atoms with E-state index >= 15 is 0 Å². The molecule has 0 spiro atoms. The molecule has 0 aliphatic heterocycles. The Morgan fingerprint density at radius 3 is 2.59 bits per heavy atom. The van der Waals surface area contributed by atoms with Crippen molar-refractivity contribution in [3.05, 3.63) is 47.5 Å². The maximum Gasteiger partial charge on any atom is 0.152 e. The number of hydrogen-bond acceptors (Lipinski definition) is 3. The van der Waals surface area contributed by atoms with Gasteiger partial charge in [-0.25, -0.2) is 4.39 Å². The number of halogens is 1. The molecule has 0 aliphatic rings. The van der Waals surface area contributed by atoms with Gasteiger partial charge in [0.1, 0.15) is 11.5 Å². The first-order valence-electron chi connectivity index (χ1n) is 5.23. The second kappa shape index (κ2) is 4.41. The van der Waals surface area contributed by atoms with E-state index in [9.17, 15) is 4.39 Å². The van der Waals surface area contributed by atoms with Crippen molar-refractivity contribution in [3.63, 3.8) is 0 Å². The van der Waals surface area contributed by atoms with Crippen molar-refractivity contribution >= 4 is 5.69 Å². The molecule has 2 aromatic rings.